The van der Waals surface area contributed by atoms with E-state index in [0.29, 0.717) is 11.8 Å². The second-order valence-electron chi connectivity index (χ2n) is 7.10. The van der Waals surface area contributed by atoms with Crippen molar-refractivity contribution in [1.82, 2.24) is 15.3 Å². The van der Waals surface area contributed by atoms with E-state index in [4.69, 9.17) is 9.97 Å². The maximum Gasteiger partial charge on any atom is 0.131 e. The molecule has 0 saturated heterocycles. The van der Waals surface area contributed by atoms with Gasteiger partial charge in [0.25, 0.3) is 0 Å². The molecule has 1 aromatic heterocycles. The highest BCUT2D eigenvalue weighted by Gasteiger charge is 2.26. The molecule has 1 saturated carbocycles. The topological polar surface area (TPSA) is 37.8 Å². The first kappa shape index (κ1) is 15.0. The Morgan fingerprint density at radius 3 is 2.57 bits per heavy atom. The summed E-state index contributed by atoms with van der Waals surface area (Å²) in [6.07, 6.45) is 7.69. The molecule has 0 amide bonds. The monoisotopic (exact) mass is 287 g/mol. The average Bonchev–Trinajstić information content (AvgIpc) is 2.53. The lowest BCUT2D eigenvalue weighted by Crippen LogP contribution is -2.28. The van der Waals surface area contributed by atoms with Crippen molar-refractivity contribution in [3.05, 3.63) is 22.8 Å². The Balaban J connectivity index is 1.87. The minimum atomic E-state index is 0.493. The first-order valence-electron chi connectivity index (χ1n) is 8.79. The van der Waals surface area contributed by atoms with Crippen LogP contribution in [0.25, 0.3) is 0 Å². The Kier molecular flexibility index (Phi) is 4.58. The Morgan fingerprint density at radius 1 is 1.14 bits per heavy atom. The smallest absolute Gasteiger partial charge is 0.131 e. The van der Waals surface area contributed by atoms with Gasteiger partial charge in [-0.15, -0.1) is 0 Å². The molecular weight excluding hydrogens is 258 g/mol. The number of hydrogen-bond acceptors (Lipinski definition) is 3. The molecule has 0 radical (unpaired) electrons. The fourth-order valence-electron chi connectivity index (χ4n) is 3.88. The van der Waals surface area contributed by atoms with Gasteiger partial charge in [-0.1, -0.05) is 27.2 Å². The maximum absolute atomic E-state index is 5.01. The van der Waals surface area contributed by atoms with Gasteiger partial charge < -0.3 is 5.32 Å². The van der Waals surface area contributed by atoms with Gasteiger partial charge in [-0.2, -0.15) is 0 Å². The number of aromatic nitrogens is 2. The summed E-state index contributed by atoms with van der Waals surface area (Å²) in [4.78, 5) is 9.99. The quantitative estimate of drug-likeness (QED) is 0.915. The molecule has 0 bridgehead atoms. The summed E-state index contributed by atoms with van der Waals surface area (Å²) >= 11 is 0. The summed E-state index contributed by atoms with van der Waals surface area (Å²) in [7, 11) is 0. The lowest BCUT2D eigenvalue weighted by atomic mass is 9.80. The summed E-state index contributed by atoms with van der Waals surface area (Å²) < 4.78 is 0. The Morgan fingerprint density at radius 2 is 1.90 bits per heavy atom. The largest absolute Gasteiger partial charge is 0.312 e. The van der Waals surface area contributed by atoms with Crippen LogP contribution in [-0.4, -0.2) is 16.5 Å². The average molecular weight is 287 g/mol. The number of hydrogen-bond donors (Lipinski definition) is 1. The lowest BCUT2D eigenvalue weighted by Gasteiger charge is -2.29. The van der Waals surface area contributed by atoms with Crippen molar-refractivity contribution in [2.45, 2.75) is 77.7 Å². The number of nitrogens with one attached hydrogen (secondary N) is 1. The van der Waals surface area contributed by atoms with E-state index in [-0.39, 0.29) is 0 Å². The molecule has 1 aliphatic carbocycles. The maximum atomic E-state index is 5.01. The molecule has 21 heavy (non-hydrogen) atoms. The van der Waals surface area contributed by atoms with Crippen molar-refractivity contribution in [3.8, 4) is 0 Å². The fourth-order valence-corrected chi connectivity index (χ4v) is 3.88. The van der Waals surface area contributed by atoms with Gasteiger partial charge in [0.15, 0.2) is 0 Å². The molecule has 1 N–H and O–H groups in total. The third-order valence-corrected chi connectivity index (χ3v) is 5.32. The number of rotatable bonds is 3. The summed E-state index contributed by atoms with van der Waals surface area (Å²) in [6.45, 7) is 8.85. The van der Waals surface area contributed by atoms with Crippen molar-refractivity contribution < 1.29 is 0 Å². The first-order valence-corrected chi connectivity index (χ1v) is 8.79. The molecule has 0 aromatic carbocycles. The molecule has 2 heterocycles. The number of nitrogens with zero attached hydrogens (tertiary/aromatic N) is 2. The highest BCUT2D eigenvalue weighted by molar-refractivity contribution is 5.31. The third kappa shape index (κ3) is 3.13. The van der Waals surface area contributed by atoms with Crippen molar-refractivity contribution >= 4 is 0 Å². The van der Waals surface area contributed by atoms with Gasteiger partial charge in [0.05, 0.1) is 11.4 Å². The van der Waals surface area contributed by atoms with E-state index in [1.807, 2.05) is 0 Å². The zero-order valence-electron chi connectivity index (χ0n) is 13.8. The van der Waals surface area contributed by atoms with Gasteiger partial charge in [0, 0.05) is 31.0 Å². The zero-order valence-corrected chi connectivity index (χ0v) is 13.8. The molecule has 3 heteroatoms. The molecule has 1 aliphatic heterocycles. The second kappa shape index (κ2) is 6.43. The minimum Gasteiger partial charge on any atom is -0.312 e. The summed E-state index contributed by atoms with van der Waals surface area (Å²) in [5.74, 6) is 3.18. The van der Waals surface area contributed by atoms with Crippen LogP contribution in [-0.2, 0) is 13.0 Å². The molecule has 0 unspecified atom stereocenters. The normalized spacial score (nSPS) is 25.9. The number of fused-ring (bicyclic) bond motifs is 1. The van der Waals surface area contributed by atoms with Crippen molar-refractivity contribution in [1.29, 1.82) is 0 Å². The molecular formula is C18H29N3. The zero-order chi connectivity index (χ0) is 14.8. The van der Waals surface area contributed by atoms with Crippen LogP contribution in [0.15, 0.2) is 0 Å². The van der Waals surface area contributed by atoms with Gasteiger partial charge in [-0.25, -0.2) is 9.97 Å². The highest BCUT2D eigenvalue weighted by atomic mass is 15.0. The predicted octanol–water partition coefficient (Wildman–Crippen LogP) is 3.93. The van der Waals surface area contributed by atoms with Crippen LogP contribution in [0, 0.1) is 5.92 Å². The van der Waals surface area contributed by atoms with Gasteiger partial charge in [0.1, 0.15) is 5.82 Å². The Labute approximate surface area is 129 Å². The van der Waals surface area contributed by atoms with Crippen LogP contribution in [0.1, 0.15) is 87.5 Å². The molecule has 3 rings (SSSR count). The van der Waals surface area contributed by atoms with Crippen LogP contribution >= 0.6 is 0 Å². The molecule has 0 atom stereocenters. The van der Waals surface area contributed by atoms with Crippen LogP contribution in [0.2, 0.25) is 0 Å². The van der Waals surface area contributed by atoms with Crippen molar-refractivity contribution in [3.63, 3.8) is 0 Å². The predicted molar refractivity (Wildman–Crippen MR) is 86.5 cm³/mol. The van der Waals surface area contributed by atoms with E-state index in [9.17, 15) is 0 Å². The van der Waals surface area contributed by atoms with Gasteiger partial charge in [0.2, 0.25) is 0 Å². The van der Waals surface area contributed by atoms with E-state index in [0.717, 1.165) is 31.3 Å². The molecule has 0 spiro atoms. The standard InChI is InChI=1S/C18H29N3/c1-4-13-5-7-14(8-6-13)18-20-16-9-10-19-11-15(16)17(21-18)12(2)3/h12-14,19H,4-11H2,1-3H3. The summed E-state index contributed by atoms with van der Waals surface area (Å²) in [5.41, 5.74) is 3.99. The minimum absolute atomic E-state index is 0.493. The Hall–Kier alpha value is -0.960. The van der Waals surface area contributed by atoms with Crippen molar-refractivity contribution in [2.75, 3.05) is 6.54 Å². The van der Waals surface area contributed by atoms with E-state index in [2.05, 4.69) is 26.1 Å². The SMILES string of the molecule is CCC1CCC(c2nc3c(c(C(C)C)n2)CNCC3)CC1. The van der Waals surface area contributed by atoms with Crippen LogP contribution in [0.5, 0.6) is 0 Å². The van der Waals surface area contributed by atoms with Gasteiger partial charge in [-0.3, -0.25) is 0 Å². The molecule has 116 valence electrons. The lowest BCUT2D eigenvalue weighted by molar-refractivity contribution is 0.311. The van der Waals surface area contributed by atoms with Crippen molar-refractivity contribution in [2.24, 2.45) is 5.92 Å². The van der Waals surface area contributed by atoms with Crippen LogP contribution < -0.4 is 5.32 Å². The third-order valence-electron chi connectivity index (χ3n) is 5.32. The fraction of sp³-hybridized carbons (Fsp3) is 0.778. The summed E-state index contributed by atoms with van der Waals surface area (Å²) in [6, 6.07) is 0. The molecule has 3 nitrogen and oxygen atoms in total. The molecule has 1 aromatic rings. The van der Waals surface area contributed by atoms with E-state index in [1.165, 1.54) is 49.1 Å². The summed E-state index contributed by atoms with van der Waals surface area (Å²) in [5, 5.41) is 3.47. The van der Waals surface area contributed by atoms with E-state index in [1.54, 1.807) is 0 Å². The van der Waals surface area contributed by atoms with E-state index >= 15 is 0 Å². The molecule has 2 aliphatic rings. The van der Waals surface area contributed by atoms with Crippen LogP contribution in [0.4, 0.5) is 0 Å². The second-order valence-corrected chi connectivity index (χ2v) is 7.10. The van der Waals surface area contributed by atoms with E-state index < -0.39 is 0 Å². The van der Waals surface area contributed by atoms with Gasteiger partial charge in [-0.05, 0) is 37.5 Å². The highest BCUT2D eigenvalue weighted by Crippen LogP contribution is 2.36. The molecule has 1 fully saturated rings. The van der Waals surface area contributed by atoms with Gasteiger partial charge >= 0.3 is 0 Å². The first-order chi connectivity index (χ1) is 10.2. The van der Waals surface area contributed by atoms with Crippen LogP contribution in [0.3, 0.4) is 0 Å². The Bertz CT molecular complexity index is 487.